The Labute approximate surface area is 128 Å². The molecule has 21 heavy (non-hydrogen) atoms. The highest BCUT2D eigenvalue weighted by Crippen LogP contribution is 2.25. The third-order valence-corrected chi connectivity index (χ3v) is 5.74. The van der Waals surface area contributed by atoms with Crippen LogP contribution >= 0.6 is 12.2 Å². The smallest absolute Gasteiger partial charge is 0.243 e. The fourth-order valence-electron chi connectivity index (χ4n) is 2.32. The van der Waals surface area contributed by atoms with Crippen molar-refractivity contribution in [1.82, 2.24) is 4.31 Å². The minimum absolute atomic E-state index is 0.0460. The van der Waals surface area contributed by atoms with Gasteiger partial charge in [0.25, 0.3) is 0 Å². The highest BCUT2D eigenvalue weighted by molar-refractivity contribution is 7.89. The number of aliphatic hydroxyl groups excluding tert-OH is 1. The second-order valence-electron chi connectivity index (χ2n) is 5.20. The first kappa shape index (κ1) is 16.3. The van der Waals surface area contributed by atoms with E-state index in [0.29, 0.717) is 6.42 Å². The minimum atomic E-state index is -3.75. The van der Waals surface area contributed by atoms with E-state index in [1.165, 1.54) is 10.4 Å². The monoisotopic (exact) mass is 332 g/mol. The van der Waals surface area contributed by atoms with Gasteiger partial charge in [0.2, 0.25) is 10.0 Å². The van der Waals surface area contributed by atoms with Gasteiger partial charge in [0.15, 0.2) is 0 Å². The third-order valence-electron chi connectivity index (χ3n) is 3.66. The van der Waals surface area contributed by atoms with Crippen LogP contribution in [0.5, 0.6) is 0 Å². The summed E-state index contributed by atoms with van der Waals surface area (Å²) < 4.78 is 40.0. The van der Waals surface area contributed by atoms with Gasteiger partial charge in [-0.2, -0.15) is 4.31 Å². The molecule has 1 saturated heterocycles. The molecule has 0 spiro atoms. The fourth-order valence-corrected chi connectivity index (χ4v) is 4.05. The topological polar surface area (TPSA) is 83.6 Å². The van der Waals surface area contributed by atoms with Gasteiger partial charge in [-0.05, 0) is 30.5 Å². The number of hydrogen-bond acceptors (Lipinski definition) is 4. The number of benzene rings is 1. The van der Waals surface area contributed by atoms with Crippen molar-refractivity contribution >= 4 is 27.2 Å². The highest BCUT2D eigenvalue weighted by atomic mass is 32.2. The normalized spacial score (nSPS) is 24.0. The number of sulfonamides is 1. The lowest BCUT2D eigenvalue weighted by molar-refractivity contribution is 0.0628. The summed E-state index contributed by atoms with van der Waals surface area (Å²) in [5, 5.41) is 9.68. The Morgan fingerprint density at radius 2 is 2.19 bits per heavy atom. The van der Waals surface area contributed by atoms with Crippen LogP contribution in [-0.4, -0.2) is 42.0 Å². The van der Waals surface area contributed by atoms with Crippen LogP contribution < -0.4 is 5.73 Å². The summed E-state index contributed by atoms with van der Waals surface area (Å²) in [4.78, 5) is -0.234. The molecule has 2 atom stereocenters. The Morgan fingerprint density at radius 3 is 2.76 bits per heavy atom. The van der Waals surface area contributed by atoms with Gasteiger partial charge < -0.3 is 10.8 Å². The summed E-state index contributed by atoms with van der Waals surface area (Å²) >= 11 is 4.72. The van der Waals surface area contributed by atoms with Crippen molar-refractivity contribution in [3.63, 3.8) is 0 Å². The molecule has 0 aliphatic carbocycles. The maximum Gasteiger partial charge on any atom is 0.243 e. The molecule has 0 radical (unpaired) electrons. The van der Waals surface area contributed by atoms with Crippen LogP contribution in [0.3, 0.4) is 0 Å². The molecule has 5 nitrogen and oxygen atoms in total. The quantitative estimate of drug-likeness (QED) is 0.802. The van der Waals surface area contributed by atoms with Gasteiger partial charge in [0.05, 0.1) is 11.0 Å². The summed E-state index contributed by atoms with van der Waals surface area (Å²) in [5.74, 6) is -0.798. The van der Waals surface area contributed by atoms with Crippen LogP contribution in [0.25, 0.3) is 0 Å². The standard InChI is InChI=1S/C13H17FN2O3S2/c1-8-7-16(5-4-12(8)17)21(18,19)9-2-3-11(14)10(6-9)13(15)20/h2-3,6,8,12,17H,4-5,7H2,1H3,(H2,15,20). The second kappa shape index (κ2) is 5.96. The third kappa shape index (κ3) is 3.23. The van der Waals surface area contributed by atoms with Gasteiger partial charge in [-0.15, -0.1) is 0 Å². The van der Waals surface area contributed by atoms with Crippen molar-refractivity contribution < 1.29 is 17.9 Å². The van der Waals surface area contributed by atoms with Crippen molar-refractivity contribution in [2.45, 2.75) is 24.3 Å². The Hall–Kier alpha value is -1.09. The molecular formula is C13H17FN2O3S2. The summed E-state index contributed by atoms with van der Waals surface area (Å²) in [6, 6.07) is 3.40. The van der Waals surface area contributed by atoms with E-state index in [1.54, 1.807) is 6.92 Å². The number of hydrogen-bond donors (Lipinski definition) is 2. The number of aliphatic hydroxyl groups is 1. The van der Waals surface area contributed by atoms with E-state index in [2.05, 4.69) is 0 Å². The van der Waals surface area contributed by atoms with Crippen molar-refractivity contribution in [2.24, 2.45) is 11.7 Å². The molecule has 1 aliphatic rings. The van der Waals surface area contributed by atoms with E-state index in [0.717, 1.165) is 12.1 Å². The number of nitrogens with two attached hydrogens (primary N) is 1. The Bertz CT molecular complexity index is 663. The average Bonchev–Trinajstić information content (AvgIpc) is 2.41. The summed E-state index contributed by atoms with van der Waals surface area (Å²) in [6.07, 6.45) is -0.124. The SMILES string of the molecule is CC1CN(S(=O)(=O)c2ccc(F)c(C(N)=S)c2)CCC1O. The molecule has 0 bridgehead atoms. The van der Waals surface area contributed by atoms with Crippen LogP contribution in [0.2, 0.25) is 0 Å². The lowest BCUT2D eigenvalue weighted by Gasteiger charge is -2.33. The zero-order chi connectivity index (χ0) is 15.8. The molecule has 1 aliphatic heterocycles. The molecule has 1 aromatic rings. The zero-order valence-electron chi connectivity index (χ0n) is 11.5. The van der Waals surface area contributed by atoms with Crippen LogP contribution in [0.4, 0.5) is 4.39 Å². The summed E-state index contributed by atoms with van der Waals surface area (Å²) in [7, 11) is -3.75. The zero-order valence-corrected chi connectivity index (χ0v) is 13.1. The van der Waals surface area contributed by atoms with Crippen LogP contribution in [-0.2, 0) is 10.0 Å². The molecule has 8 heteroatoms. The fraction of sp³-hybridized carbons (Fsp3) is 0.462. The highest BCUT2D eigenvalue weighted by Gasteiger charge is 2.33. The molecular weight excluding hydrogens is 315 g/mol. The molecule has 2 rings (SSSR count). The maximum absolute atomic E-state index is 13.6. The van der Waals surface area contributed by atoms with Crippen LogP contribution in [0, 0.1) is 11.7 Å². The van der Waals surface area contributed by atoms with Crippen molar-refractivity contribution in [3.05, 3.63) is 29.6 Å². The lowest BCUT2D eigenvalue weighted by atomic mass is 9.99. The number of nitrogens with zero attached hydrogens (tertiary/aromatic N) is 1. The summed E-state index contributed by atoms with van der Waals surface area (Å²) in [5.41, 5.74) is 5.31. The number of thiocarbonyl (C=S) groups is 1. The van der Waals surface area contributed by atoms with Gasteiger partial charge in [0, 0.05) is 18.7 Å². The Balaban J connectivity index is 2.36. The molecule has 1 heterocycles. The molecule has 0 saturated carbocycles. The van der Waals surface area contributed by atoms with Gasteiger partial charge in [-0.25, -0.2) is 12.8 Å². The van der Waals surface area contributed by atoms with E-state index >= 15 is 0 Å². The van der Waals surface area contributed by atoms with Gasteiger partial charge in [-0.1, -0.05) is 19.1 Å². The molecule has 1 fully saturated rings. The Kier molecular flexibility index (Phi) is 4.62. The number of piperidine rings is 1. The molecule has 0 amide bonds. The lowest BCUT2D eigenvalue weighted by Crippen LogP contribution is -2.44. The van der Waals surface area contributed by atoms with Gasteiger partial charge in [0.1, 0.15) is 10.8 Å². The molecule has 2 unspecified atom stereocenters. The second-order valence-corrected chi connectivity index (χ2v) is 7.58. The summed E-state index contributed by atoms with van der Waals surface area (Å²) in [6.45, 7) is 2.24. The Morgan fingerprint density at radius 1 is 1.52 bits per heavy atom. The van der Waals surface area contributed by atoms with E-state index in [-0.39, 0.29) is 34.5 Å². The first-order chi connectivity index (χ1) is 9.73. The van der Waals surface area contributed by atoms with Crippen molar-refractivity contribution in [2.75, 3.05) is 13.1 Å². The first-order valence-corrected chi connectivity index (χ1v) is 8.36. The molecule has 116 valence electrons. The van der Waals surface area contributed by atoms with E-state index in [4.69, 9.17) is 18.0 Å². The predicted molar refractivity (Wildman–Crippen MR) is 80.8 cm³/mol. The number of rotatable bonds is 3. The van der Waals surface area contributed by atoms with E-state index in [9.17, 15) is 17.9 Å². The molecule has 1 aromatic carbocycles. The van der Waals surface area contributed by atoms with Gasteiger partial charge in [-0.3, -0.25) is 0 Å². The molecule has 0 aromatic heterocycles. The predicted octanol–water partition coefficient (Wildman–Crippen LogP) is 0.851. The van der Waals surface area contributed by atoms with E-state index in [1.807, 2.05) is 0 Å². The molecule has 3 N–H and O–H groups in total. The number of halogens is 1. The minimum Gasteiger partial charge on any atom is -0.393 e. The van der Waals surface area contributed by atoms with Crippen molar-refractivity contribution in [3.8, 4) is 0 Å². The first-order valence-electron chi connectivity index (χ1n) is 6.51. The van der Waals surface area contributed by atoms with Crippen LogP contribution in [0.1, 0.15) is 18.9 Å². The van der Waals surface area contributed by atoms with E-state index < -0.39 is 21.9 Å². The van der Waals surface area contributed by atoms with Crippen molar-refractivity contribution in [1.29, 1.82) is 0 Å². The largest absolute Gasteiger partial charge is 0.393 e. The average molecular weight is 332 g/mol. The maximum atomic E-state index is 13.6. The van der Waals surface area contributed by atoms with Gasteiger partial charge >= 0.3 is 0 Å². The van der Waals surface area contributed by atoms with Crippen LogP contribution in [0.15, 0.2) is 23.1 Å².